The van der Waals surface area contributed by atoms with Gasteiger partial charge in [0.2, 0.25) is 5.91 Å². The molecule has 2 aromatic carbocycles. The first-order valence-electron chi connectivity index (χ1n) is 13.8. The van der Waals surface area contributed by atoms with Gasteiger partial charge in [-0.15, -0.1) is 0 Å². The van der Waals surface area contributed by atoms with Gasteiger partial charge in [-0.3, -0.25) is 19.3 Å². The monoisotopic (exact) mass is 513 g/mol. The molecule has 3 amide bonds. The van der Waals surface area contributed by atoms with Crippen molar-refractivity contribution in [3.05, 3.63) is 59.4 Å². The van der Waals surface area contributed by atoms with Crippen LogP contribution in [0.5, 0.6) is 0 Å². The first-order chi connectivity index (χ1) is 18.4. The summed E-state index contributed by atoms with van der Waals surface area (Å²) in [5.74, 6) is 0.390. The molecule has 38 heavy (non-hydrogen) atoms. The van der Waals surface area contributed by atoms with Crippen molar-refractivity contribution in [2.24, 2.45) is 13.0 Å². The van der Waals surface area contributed by atoms with Crippen molar-refractivity contribution in [2.45, 2.75) is 57.5 Å². The summed E-state index contributed by atoms with van der Waals surface area (Å²) < 4.78 is 1.94. The molecule has 0 atom stereocenters. The Hall–Kier alpha value is -3.68. The molecule has 0 radical (unpaired) electrons. The van der Waals surface area contributed by atoms with Crippen LogP contribution < -0.4 is 4.90 Å². The number of amides is 3. The number of aryl methyl sites for hydroxylation is 1. The Kier molecular flexibility index (Phi) is 6.41. The second-order valence-electron chi connectivity index (χ2n) is 11.0. The fourth-order valence-electron chi connectivity index (χ4n) is 6.50. The second kappa shape index (κ2) is 9.89. The fourth-order valence-corrected chi connectivity index (χ4v) is 6.50. The van der Waals surface area contributed by atoms with E-state index in [0.29, 0.717) is 36.1 Å². The molecule has 1 saturated heterocycles. The van der Waals surface area contributed by atoms with E-state index in [1.54, 1.807) is 6.07 Å². The van der Waals surface area contributed by atoms with Crippen LogP contribution in [-0.2, 0) is 18.4 Å². The number of carbonyl (C=O) groups is 3. The lowest BCUT2D eigenvalue weighted by Gasteiger charge is -2.38. The highest BCUT2D eigenvalue weighted by Gasteiger charge is 2.40. The third kappa shape index (κ3) is 4.16. The molecule has 3 heterocycles. The summed E-state index contributed by atoms with van der Waals surface area (Å²) in [6.45, 7) is 1.51. The van der Waals surface area contributed by atoms with Crippen LogP contribution in [0.2, 0.25) is 0 Å². The van der Waals surface area contributed by atoms with Crippen LogP contribution in [0.1, 0.15) is 71.5 Å². The Morgan fingerprint density at radius 2 is 1.68 bits per heavy atom. The minimum absolute atomic E-state index is 0.0151. The average molecular weight is 514 g/mol. The van der Waals surface area contributed by atoms with Gasteiger partial charge in [0.25, 0.3) is 11.8 Å². The minimum atomic E-state index is -0.280. The number of rotatable bonds is 5. The second-order valence-corrected chi connectivity index (χ2v) is 11.0. The molecule has 2 aliphatic heterocycles. The maximum absolute atomic E-state index is 13.6. The normalized spacial score (nSPS) is 18.9. The van der Waals surface area contributed by atoms with E-state index in [9.17, 15) is 14.4 Å². The van der Waals surface area contributed by atoms with Crippen LogP contribution in [0.4, 0.5) is 5.69 Å². The van der Waals surface area contributed by atoms with Gasteiger partial charge in [-0.2, -0.15) is 0 Å². The number of piperidine rings is 1. The number of carbonyl (C=O) groups excluding carboxylic acids is 3. The number of fused-ring (bicyclic) bond motifs is 2. The summed E-state index contributed by atoms with van der Waals surface area (Å²) in [4.78, 5) is 50.3. The summed E-state index contributed by atoms with van der Waals surface area (Å²) in [7, 11) is 3.88. The van der Waals surface area contributed by atoms with Crippen LogP contribution in [0.15, 0.2) is 42.5 Å². The summed E-state index contributed by atoms with van der Waals surface area (Å²) in [6.07, 6.45) is 7.42. The van der Waals surface area contributed by atoms with Gasteiger partial charge in [0, 0.05) is 39.1 Å². The highest BCUT2D eigenvalue weighted by atomic mass is 16.2. The van der Waals surface area contributed by atoms with E-state index in [1.165, 1.54) is 24.2 Å². The Labute approximate surface area is 223 Å². The van der Waals surface area contributed by atoms with Gasteiger partial charge in [0.15, 0.2) is 0 Å². The Balaban J connectivity index is 1.17. The van der Waals surface area contributed by atoms with E-state index in [4.69, 9.17) is 0 Å². The molecular formula is C30H35N5O3. The first-order valence-corrected chi connectivity index (χ1v) is 13.8. The predicted octanol–water partition coefficient (Wildman–Crippen LogP) is 4.38. The number of imidazole rings is 1. The zero-order chi connectivity index (χ0) is 26.4. The highest BCUT2D eigenvalue weighted by molar-refractivity contribution is 6.23. The zero-order valence-corrected chi connectivity index (χ0v) is 22.2. The van der Waals surface area contributed by atoms with Gasteiger partial charge in [-0.1, -0.05) is 37.5 Å². The molecule has 6 rings (SSSR count). The average Bonchev–Trinajstić information content (AvgIpc) is 3.41. The number of imide groups is 1. The quantitative estimate of drug-likeness (QED) is 0.473. The smallest absolute Gasteiger partial charge is 0.264 e. The molecular weight excluding hydrogens is 478 g/mol. The van der Waals surface area contributed by atoms with Crippen LogP contribution in [0.3, 0.4) is 0 Å². The molecule has 0 bridgehead atoms. The number of hydrogen-bond acceptors (Lipinski definition) is 5. The van der Waals surface area contributed by atoms with E-state index in [-0.39, 0.29) is 30.2 Å². The Morgan fingerprint density at radius 1 is 0.947 bits per heavy atom. The zero-order valence-electron chi connectivity index (χ0n) is 22.2. The lowest BCUT2D eigenvalue weighted by Crippen LogP contribution is -2.45. The molecule has 0 spiro atoms. The number of para-hydroxylation sites is 2. The molecule has 1 aromatic heterocycles. The third-order valence-electron chi connectivity index (χ3n) is 8.81. The largest absolute Gasteiger partial charge is 0.371 e. The van der Waals surface area contributed by atoms with Crippen molar-refractivity contribution in [3.8, 4) is 0 Å². The standard InChI is InChI=1S/C30H35N5O3/c1-32(21-9-4-3-5-10-21)28(36)20-15-17-34(18-16-20)25-14-8-11-22-27(25)30(38)35(29(22)37)19-26-31-23-12-6-7-13-24(23)33(26)2/h6-8,11-14,20-21H,3-5,9-10,15-19H2,1-2H3. The van der Waals surface area contributed by atoms with Crippen molar-refractivity contribution in [3.63, 3.8) is 0 Å². The number of benzene rings is 2. The maximum Gasteiger partial charge on any atom is 0.264 e. The molecule has 8 nitrogen and oxygen atoms in total. The van der Waals surface area contributed by atoms with Gasteiger partial charge in [-0.05, 0) is 49.9 Å². The number of hydrogen-bond donors (Lipinski definition) is 0. The van der Waals surface area contributed by atoms with E-state index in [0.717, 1.165) is 42.4 Å². The molecule has 8 heteroatoms. The predicted molar refractivity (Wildman–Crippen MR) is 146 cm³/mol. The van der Waals surface area contributed by atoms with Crippen LogP contribution in [0.25, 0.3) is 11.0 Å². The lowest BCUT2D eigenvalue weighted by molar-refractivity contribution is -0.137. The molecule has 3 aliphatic rings. The Morgan fingerprint density at radius 3 is 2.42 bits per heavy atom. The number of nitrogens with zero attached hydrogens (tertiary/aromatic N) is 5. The van der Waals surface area contributed by atoms with Gasteiger partial charge >= 0.3 is 0 Å². The molecule has 0 N–H and O–H groups in total. The van der Waals surface area contributed by atoms with Crippen LogP contribution >= 0.6 is 0 Å². The maximum atomic E-state index is 13.6. The minimum Gasteiger partial charge on any atom is -0.371 e. The summed E-state index contributed by atoms with van der Waals surface area (Å²) in [5.41, 5.74) is 3.52. The fraction of sp³-hybridized carbons (Fsp3) is 0.467. The Bertz CT molecular complexity index is 1400. The van der Waals surface area contributed by atoms with Crippen molar-refractivity contribution >= 4 is 34.4 Å². The first kappa shape index (κ1) is 24.6. The van der Waals surface area contributed by atoms with E-state index >= 15 is 0 Å². The van der Waals surface area contributed by atoms with Crippen molar-refractivity contribution in [1.29, 1.82) is 0 Å². The van der Waals surface area contributed by atoms with Crippen LogP contribution in [-0.4, -0.2) is 63.3 Å². The number of anilines is 1. The molecule has 1 aliphatic carbocycles. The van der Waals surface area contributed by atoms with E-state index < -0.39 is 0 Å². The lowest BCUT2D eigenvalue weighted by atomic mass is 9.90. The summed E-state index contributed by atoms with van der Waals surface area (Å²) in [5, 5.41) is 0. The highest BCUT2D eigenvalue weighted by Crippen LogP contribution is 2.35. The van der Waals surface area contributed by atoms with E-state index in [1.807, 2.05) is 60.0 Å². The molecule has 3 aromatic rings. The van der Waals surface area contributed by atoms with Gasteiger partial charge in [-0.25, -0.2) is 4.98 Å². The van der Waals surface area contributed by atoms with Crippen molar-refractivity contribution < 1.29 is 14.4 Å². The van der Waals surface area contributed by atoms with Gasteiger partial charge in [0.1, 0.15) is 5.82 Å². The van der Waals surface area contributed by atoms with Gasteiger partial charge in [0.05, 0.1) is 34.4 Å². The molecule has 0 unspecified atom stereocenters. The summed E-state index contributed by atoms with van der Waals surface area (Å²) >= 11 is 0. The number of aromatic nitrogens is 2. The SMILES string of the molecule is CN(C(=O)C1CCN(c2cccc3c2C(=O)N(Cc2nc4ccccc4n2C)C3=O)CC1)C1CCCCC1. The topological polar surface area (TPSA) is 78.8 Å². The molecule has 198 valence electrons. The molecule has 2 fully saturated rings. The van der Waals surface area contributed by atoms with E-state index in [2.05, 4.69) is 9.88 Å². The van der Waals surface area contributed by atoms with Crippen molar-refractivity contribution in [1.82, 2.24) is 19.4 Å². The molecule has 1 saturated carbocycles. The summed E-state index contributed by atoms with van der Waals surface area (Å²) in [6, 6.07) is 13.7. The van der Waals surface area contributed by atoms with Gasteiger partial charge < -0.3 is 14.4 Å². The van der Waals surface area contributed by atoms with Crippen LogP contribution in [0, 0.1) is 5.92 Å². The third-order valence-corrected chi connectivity index (χ3v) is 8.81. The van der Waals surface area contributed by atoms with Crippen molar-refractivity contribution in [2.75, 3.05) is 25.0 Å².